The van der Waals surface area contributed by atoms with Crippen molar-refractivity contribution in [2.75, 3.05) is 0 Å². The highest BCUT2D eigenvalue weighted by Gasteiger charge is 2.27. The standard InChI is InChI=1S/C18H18F3N5O/c19-18(20,21)10-13-3-5-14(6-4-13)17-23-7-9-26(17)15-11-24-25(12-15)8-1-2-16(22)27/h3-7,9,11-12H,1-2,8,10H2,(H2,22,27). The summed E-state index contributed by atoms with van der Waals surface area (Å²) in [5.74, 6) is 0.249. The minimum absolute atomic E-state index is 0.201. The number of imidazole rings is 1. The third kappa shape index (κ3) is 4.96. The van der Waals surface area contributed by atoms with Gasteiger partial charge in [-0.15, -0.1) is 0 Å². The number of halogens is 3. The number of hydrogen-bond donors (Lipinski definition) is 1. The minimum atomic E-state index is -4.23. The minimum Gasteiger partial charge on any atom is -0.370 e. The molecule has 2 aromatic heterocycles. The van der Waals surface area contributed by atoms with E-state index < -0.39 is 12.6 Å². The maximum Gasteiger partial charge on any atom is 0.393 e. The van der Waals surface area contributed by atoms with Crippen LogP contribution in [0.1, 0.15) is 18.4 Å². The van der Waals surface area contributed by atoms with Crippen LogP contribution < -0.4 is 5.73 Å². The molecule has 1 aromatic carbocycles. The molecule has 0 saturated heterocycles. The average molecular weight is 377 g/mol. The molecule has 27 heavy (non-hydrogen) atoms. The zero-order valence-electron chi connectivity index (χ0n) is 14.4. The highest BCUT2D eigenvalue weighted by molar-refractivity contribution is 5.73. The number of rotatable bonds is 7. The van der Waals surface area contributed by atoms with Crippen LogP contribution >= 0.6 is 0 Å². The monoisotopic (exact) mass is 377 g/mol. The summed E-state index contributed by atoms with van der Waals surface area (Å²) in [7, 11) is 0. The van der Waals surface area contributed by atoms with Crippen LogP contribution in [0.4, 0.5) is 13.2 Å². The van der Waals surface area contributed by atoms with Crippen molar-refractivity contribution in [1.29, 1.82) is 0 Å². The largest absolute Gasteiger partial charge is 0.393 e. The van der Waals surface area contributed by atoms with Crippen LogP contribution in [-0.4, -0.2) is 31.4 Å². The van der Waals surface area contributed by atoms with Crippen LogP contribution in [0.15, 0.2) is 49.1 Å². The van der Waals surface area contributed by atoms with E-state index >= 15 is 0 Å². The van der Waals surface area contributed by atoms with Gasteiger partial charge in [-0.1, -0.05) is 24.3 Å². The molecule has 3 aromatic rings. The lowest BCUT2D eigenvalue weighted by Crippen LogP contribution is -2.11. The number of aryl methyl sites for hydroxylation is 1. The van der Waals surface area contributed by atoms with E-state index in [1.165, 1.54) is 12.1 Å². The number of nitrogens with zero attached hydrogens (tertiary/aromatic N) is 4. The molecule has 2 N–H and O–H groups in total. The van der Waals surface area contributed by atoms with Gasteiger partial charge in [0, 0.05) is 37.1 Å². The third-order valence-electron chi connectivity index (χ3n) is 3.97. The van der Waals surface area contributed by atoms with Crippen LogP contribution in [-0.2, 0) is 17.8 Å². The fourth-order valence-corrected chi connectivity index (χ4v) is 2.74. The van der Waals surface area contributed by atoms with E-state index in [9.17, 15) is 18.0 Å². The predicted molar refractivity (Wildman–Crippen MR) is 93.0 cm³/mol. The van der Waals surface area contributed by atoms with Gasteiger partial charge in [0.2, 0.25) is 5.91 Å². The summed E-state index contributed by atoms with van der Waals surface area (Å²) in [4.78, 5) is 15.1. The first-order chi connectivity index (χ1) is 12.8. The van der Waals surface area contributed by atoms with Gasteiger partial charge in [-0.2, -0.15) is 18.3 Å². The van der Waals surface area contributed by atoms with Gasteiger partial charge in [-0.25, -0.2) is 4.98 Å². The number of hydrogen-bond acceptors (Lipinski definition) is 3. The van der Waals surface area contributed by atoms with Crippen molar-refractivity contribution in [1.82, 2.24) is 19.3 Å². The molecule has 9 heteroatoms. The summed E-state index contributed by atoms with van der Waals surface area (Å²) in [6, 6.07) is 6.15. The Balaban J connectivity index is 1.76. The molecule has 0 aliphatic carbocycles. The molecular weight excluding hydrogens is 359 g/mol. The Kier molecular flexibility index (Phi) is 5.29. The first-order valence-electron chi connectivity index (χ1n) is 8.32. The van der Waals surface area contributed by atoms with Gasteiger partial charge >= 0.3 is 6.18 Å². The topological polar surface area (TPSA) is 78.7 Å². The summed E-state index contributed by atoms with van der Waals surface area (Å²) in [6.07, 6.45) is 2.53. The molecule has 0 atom stereocenters. The van der Waals surface area contributed by atoms with E-state index in [4.69, 9.17) is 5.73 Å². The zero-order valence-corrected chi connectivity index (χ0v) is 14.4. The lowest BCUT2D eigenvalue weighted by Gasteiger charge is -2.08. The Morgan fingerprint density at radius 1 is 1.19 bits per heavy atom. The predicted octanol–water partition coefficient (Wildman–Crippen LogP) is 3.11. The van der Waals surface area contributed by atoms with E-state index in [2.05, 4.69) is 10.1 Å². The van der Waals surface area contributed by atoms with Crippen molar-refractivity contribution in [3.8, 4) is 17.1 Å². The Morgan fingerprint density at radius 3 is 2.59 bits per heavy atom. The van der Waals surface area contributed by atoms with Gasteiger partial charge in [-0.05, 0) is 12.0 Å². The number of nitrogens with two attached hydrogens (primary N) is 1. The second-order valence-corrected chi connectivity index (χ2v) is 6.14. The summed E-state index contributed by atoms with van der Waals surface area (Å²) < 4.78 is 41.0. The highest BCUT2D eigenvalue weighted by Crippen LogP contribution is 2.25. The Labute approximate surface area is 153 Å². The molecule has 2 heterocycles. The number of aromatic nitrogens is 4. The van der Waals surface area contributed by atoms with E-state index in [1.807, 2.05) is 6.20 Å². The van der Waals surface area contributed by atoms with Crippen molar-refractivity contribution >= 4 is 5.91 Å². The maximum atomic E-state index is 12.5. The number of benzene rings is 1. The van der Waals surface area contributed by atoms with Gasteiger partial charge in [0.15, 0.2) is 0 Å². The number of alkyl halides is 3. The number of carbonyl (C=O) groups is 1. The van der Waals surface area contributed by atoms with Crippen molar-refractivity contribution in [2.24, 2.45) is 5.73 Å². The fraction of sp³-hybridized carbons (Fsp3) is 0.278. The van der Waals surface area contributed by atoms with E-state index in [-0.39, 0.29) is 17.9 Å². The normalized spacial score (nSPS) is 11.7. The first kappa shape index (κ1) is 18.7. The van der Waals surface area contributed by atoms with Crippen LogP contribution in [0.5, 0.6) is 0 Å². The van der Waals surface area contributed by atoms with Crippen molar-refractivity contribution < 1.29 is 18.0 Å². The van der Waals surface area contributed by atoms with Crippen molar-refractivity contribution in [2.45, 2.75) is 32.0 Å². The smallest absolute Gasteiger partial charge is 0.370 e. The van der Waals surface area contributed by atoms with E-state index in [0.717, 1.165) is 5.69 Å². The van der Waals surface area contributed by atoms with Crippen molar-refractivity contribution in [3.63, 3.8) is 0 Å². The highest BCUT2D eigenvalue weighted by atomic mass is 19.4. The van der Waals surface area contributed by atoms with Gasteiger partial charge in [0.05, 0.1) is 18.3 Å². The summed E-state index contributed by atoms with van der Waals surface area (Å²) in [5.41, 5.74) is 6.79. The second kappa shape index (κ2) is 7.65. The molecule has 6 nitrogen and oxygen atoms in total. The molecular formula is C18H18F3N5O. The lowest BCUT2D eigenvalue weighted by atomic mass is 10.1. The molecule has 0 radical (unpaired) electrons. The number of amides is 1. The first-order valence-corrected chi connectivity index (χ1v) is 8.32. The third-order valence-corrected chi connectivity index (χ3v) is 3.97. The average Bonchev–Trinajstić information content (AvgIpc) is 3.22. The van der Waals surface area contributed by atoms with Crippen LogP contribution in [0, 0.1) is 0 Å². The molecule has 0 fully saturated rings. The molecule has 142 valence electrons. The molecule has 0 aliphatic heterocycles. The maximum absolute atomic E-state index is 12.5. The Hall–Kier alpha value is -3.10. The number of primary amides is 1. The van der Waals surface area contributed by atoms with Crippen LogP contribution in [0.25, 0.3) is 17.1 Å². The molecule has 0 unspecified atom stereocenters. The van der Waals surface area contributed by atoms with E-state index in [1.54, 1.807) is 40.0 Å². The van der Waals surface area contributed by atoms with Crippen LogP contribution in [0.3, 0.4) is 0 Å². The molecule has 0 aliphatic rings. The molecule has 0 bridgehead atoms. The van der Waals surface area contributed by atoms with Gasteiger partial charge in [-0.3, -0.25) is 14.0 Å². The molecule has 1 amide bonds. The SMILES string of the molecule is NC(=O)CCCn1cc(-n2ccnc2-c2ccc(CC(F)(F)F)cc2)cn1. The van der Waals surface area contributed by atoms with Gasteiger partial charge < -0.3 is 5.73 Å². The van der Waals surface area contributed by atoms with Gasteiger partial charge in [0.1, 0.15) is 5.82 Å². The lowest BCUT2D eigenvalue weighted by molar-refractivity contribution is -0.127. The van der Waals surface area contributed by atoms with Gasteiger partial charge in [0.25, 0.3) is 0 Å². The Bertz CT molecular complexity index is 912. The quantitative estimate of drug-likeness (QED) is 0.687. The van der Waals surface area contributed by atoms with E-state index in [0.29, 0.717) is 24.4 Å². The number of carbonyl (C=O) groups excluding carboxylic acids is 1. The molecule has 3 rings (SSSR count). The summed E-state index contributed by atoms with van der Waals surface area (Å²) in [5, 5.41) is 4.25. The van der Waals surface area contributed by atoms with Crippen molar-refractivity contribution in [3.05, 3.63) is 54.6 Å². The summed E-state index contributed by atoms with van der Waals surface area (Å²) >= 11 is 0. The van der Waals surface area contributed by atoms with Crippen LogP contribution in [0.2, 0.25) is 0 Å². The summed E-state index contributed by atoms with van der Waals surface area (Å²) in [6.45, 7) is 0.555. The Morgan fingerprint density at radius 2 is 1.93 bits per heavy atom. The fourth-order valence-electron chi connectivity index (χ4n) is 2.74. The molecule has 0 saturated carbocycles. The second-order valence-electron chi connectivity index (χ2n) is 6.14. The zero-order chi connectivity index (χ0) is 19.4. The molecule has 0 spiro atoms.